The van der Waals surface area contributed by atoms with Crippen LogP contribution in [-0.4, -0.2) is 47.6 Å². The molecule has 94 valence electrons. The second kappa shape index (κ2) is 5.27. The number of hydrogen-bond acceptors (Lipinski definition) is 6. The van der Waals surface area contributed by atoms with Gasteiger partial charge in [-0.2, -0.15) is 0 Å². The summed E-state index contributed by atoms with van der Waals surface area (Å²) in [6.45, 7) is 2.92. The van der Waals surface area contributed by atoms with Crippen molar-refractivity contribution in [3.8, 4) is 0 Å². The topological polar surface area (TPSA) is 93.1 Å². The Morgan fingerprint density at radius 3 is 1.31 bits per heavy atom. The van der Waals surface area contributed by atoms with E-state index in [-0.39, 0.29) is 12.8 Å². The lowest BCUT2D eigenvalue weighted by Gasteiger charge is -2.37. The molecule has 6 heteroatoms. The van der Waals surface area contributed by atoms with E-state index in [1.807, 2.05) is 0 Å². The molecule has 0 aromatic carbocycles. The van der Waals surface area contributed by atoms with Gasteiger partial charge in [-0.1, -0.05) is 13.8 Å². The third kappa shape index (κ3) is 2.03. The molecular weight excluding hydrogens is 216 g/mol. The minimum absolute atomic E-state index is 0.168. The first kappa shape index (κ1) is 14.9. The molecule has 0 aromatic heterocycles. The van der Waals surface area contributed by atoms with Crippen LogP contribution >= 0.6 is 0 Å². The first-order valence-electron chi connectivity index (χ1n) is 4.95. The van der Waals surface area contributed by atoms with Crippen LogP contribution in [0, 0.1) is 0 Å². The van der Waals surface area contributed by atoms with E-state index in [0.29, 0.717) is 0 Å². The summed E-state index contributed by atoms with van der Waals surface area (Å²) in [4.78, 5) is 22.9. The van der Waals surface area contributed by atoms with Crippen molar-refractivity contribution in [2.75, 3.05) is 14.2 Å². The fourth-order valence-electron chi connectivity index (χ4n) is 1.55. The normalized spacial score (nSPS) is 18.1. The average molecular weight is 234 g/mol. The van der Waals surface area contributed by atoms with Crippen LogP contribution in [-0.2, 0) is 19.1 Å². The number of methoxy groups -OCH3 is 2. The number of ether oxygens (including phenoxy) is 2. The van der Waals surface area contributed by atoms with Gasteiger partial charge in [-0.05, 0) is 12.8 Å². The molecule has 0 aliphatic carbocycles. The number of aliphatic hydroxyl groups is 2. The van der Waals surface area contributed by atoms with Crippen LogP contribution < -0.4 is 0 Å². The summed E-state index contributed by atoms with van der Waals surface area (Å²) in [6.07, 6.45) is -0.335. The molecular formula is C10H18O6. The van der Waals surface area contributed by atoms with Gasteiger partial charge in [-0.25, -0.2) is 9.59 Å². The highest BCUT2D eigenvalue weighted by Crippen LogP contribution is 2.31. The van der Waals surface area contributed by atoms with Gasteiger partial charge in [0.25, 0.3) is 0 Å². The molecule has 0 fully saturated rings. The summed E-state index contributed by atoms with van der Waals surface area (Å²) in [5, 5.41) is 20.2. The Hall–Kier alpha value is -1.14. The van der Waals surface area contributed by atoms with Crippen molar-refractivity contribution in [2.45, 2.75) is 37.9 Å². The van der Waals surface area contributed by atoms with Gasteiger partial charge in [0, 0.05) is 0 Å². The Morgan fingerprint density at radius 2 is 1.19 bits per heavy atom. The minimum Gasteiger partial charge on any atom is -0.467 e. The van der Waals surface area contributed by atoms with Crippen molar-refractivity contribution in [3.63, 3.8) is 0 Å². The maximum Gasteiger partial charge on any atom is 0.341 e. The van der Waals surface area contributed by atoms with Crippen molar-refractivity contribution in [1.82, 2.24) is 0 Å². The van der Waals surface area contributed by atoms with Gasteiger partial charge in [-0.15, -0.1) is 0 Å². The van der Waals surface area contributed by atoms with Crippen LogP contribution in [0.3, 0.4) is 0 Å². The molecule has 16 heavy (non-hydrogen) atoms. The summed E-state index contributed by atoms with van der Waals surface area (Å²) in [7, 11) is 2.13. The zero-order valence-electron chi connectivity index (χ0n) is 9.94. The van der Waals surface area contributed by atoms with E-state index in [9.17, 15) is 19.8 Å². The molecule has 2 atom stereocenters. The molecule has 0 heterocycles. The quantitative estimate of drug-likeness (QED) is 0.629. The predicted octanol–water partition coefficient (Wildman–Crippen LogP) is -0.385. The first-order valence-corrected chi connectivity index (χ1v) is 4.95. The van der Waals surface area contributed by atoms with Crippen molar-refractivity contribution >= 4 is 11.9 Å². The number of carbonyl (C=O) groups is 2. The third-order valence-corrected chi connectivity index (χ3v) is 2.75. The highest BCUT2D eigenvalue weighted by Gasteiger charge is 2.59. The molecule has 6 nitrogen and oxygen atoms in total. The monoisotopic (exact) mass is 234 g/mol. The molecule has 0 aliphatic heterocycles. The molecule has 0 radical (unpaired) electrons. The third-order valence-electron chi connectivity index (χ3n) is 2.75. The van der Waals surface area contributed by atoms with Gasteiger partial charge in [0.15, 0.2) is 0 Å². The summed E-state index contributed by atoms with van der Waals surface area (Å²) >= 11 is 0. The first-order chi connectivity index (χ1) is 7.33. The zero-order chi connectivity index (χ0) is 13.0. The fraction of sp³-hybridized carbons (Fsp3) is 0.800. The van der Waals surface area contributed by atoms with Gasteiger partial charge in [0.05, 0.1) is 14.2 Å². The van der Waals surface area contributed by atoms with E-state index in [1.54, 1.807) is 0 Å². The van der Waals surface area contributed by atoms with Gasteiger partial charge >= 0.3 is 11.9 Å². The maximum absolute atomic E-state index is 11.5. The SMILES string of the molecule is CCC(O)(C(=O)OC)C(O)(CC)C(=O)OC. The van der Waals surface area contributed by atoms with Crippen molar-refractivity contribution in [1.29, 1.82) is 0 Å². The Kier molecular flexibility index (Phi) is 4.89. The lowest BCUT2D eigenvalue weighted by Crippen LogP contribution is -2.63. The highest BCUT2D eigenvalue weighted by molar-refractivity contribution is 5.92. The van der Waals surface area contributed by atoms with E-state index >= 15 is 0 Å². The van der Waals surface area contributed by atoms with E-state index in [1.165, 1.54) is 13.8 Å². The van der Waals surface area contributed by atoms with Crippen molar-refractivity contribution in [2.24, 2.45) is 0 Å². The highest BCUT2D eigenvalue weighted by atomic mass is 16.6. The lowest BCUT2D eigenvalue weighted by atomic mass is 9.78. The molecule has 0 rings (SSSR count). The molecule has 2 N–H and O–H groups in total. The Labute approximate surface area is 94.2 Å². The Balaban J connectivity index is 5.48. The van der Waals surface area contributed by atoms with Crippen LogP contribution in [0.25, 0.3) is 0 Å². The standard InChI is InChI=1S/C10H18O6/c1-5-9(13,7(11)15-3)10(14,6-2)8(12)16-4/h13-14H,5-6H2,1-4H3. The summed E-state index contributed by atoms with van der Waals surface area (Å²) in [5.41, 5.74) is -4.60. The summed E-state index contributed by atoms with van der Waals surface area (Å²) in [5.74, 6) is -2.13. The fourth-order valence-corrected chi connectivity index (χ4v) is 1.55. The molecule has 2 unspecified atom stereocenters. The van der Waals surface area contributed by atoms with Crippen LogP contribution in [0.15, 0.2) is 0 Å². The number of carbonyl (C=O) groups excluding carboxylic acids is 2. The number of rotatable bonds is 5. The van der Waals surface area contributed by atoms with Gasteiger partial charge < -0.3 is 19.7 Å². The van der Waals surface area contributed by atoms with Crippen LogP contribution in [0.4, 0.5) is 0 Å². The number of hydrogen-bond donors (Lipinski definition) is 2. The van der Waals surface area contributed by atoms with Crippen LogP contribution in [0.2, 0.25) is 0 Å². The van der Waals surface area contributed by atoms with Crippen molar-refractivity contribution < 1.29 is 29.3 Å². The zero-order valence-corrected chi connectivity index (χ0v) is 9.94. The summed E-state index contributed by atoms with van der Waals surface area (Å²) in [6, 6.07) is 0. The van der Waals surface area contributed by atoms with Crippen molar-refractivity contribution in [3.05, 3.63) is 0 Å². The van der Waals surface area contributed by atoms with E-state index in [2.05, 4.69) is 9.47 Å². The average Bonchev–Trinajstić information content (AvgIpc) is 2.34. The molecule has 0 aliphatic rings. The minimum atomic E-state index is -2.30. The van der Waals surface area contributed by atoms with Gasteiger partial charge in [0.1, 0.15) is 0 Å². The molecule has 0 saturated heterocycles. The molecule has 0 bridgehead atoms. The molecule has 0 aromatic rings. The second-order valence-electron chi connectivity index (χ2n) is 3.41. The van der Waals surface area contributed by atoms with E-state index in [0.717, 1.165) is 14.2 Å². The molecule has 0 amide bonds. The Morgan fingerprint density at radius 1 is 0.938 bits per heavy atom. The molecule has 0 spiro atoms. The largest absolute Gasteiger partial charge is 0.467 e. The Bertz CT molecular complexity index is 248. The lowest BCUT2D eigenvalue weighted by molar-refractivity contribution is -0.211. The summed E-state index contributed by atoms with van der Waals surface area (Å²) < 4.78 is 8.78. The van der Waals surface area contributed by atoms with E-state index < -0.39 is 23.1 Å². The van der Waals surface area contributed by atoms with Crippen LogP contribution in [0.1, 0.15) is 26.7 Å². The van der Waals surface area contributed by atoms with Crippen LogP contribution in [0.5, 0.6) is 0 Å². The molecule has 0 saturated carbocycles. The second-order valence-corrected chi connectivity index (χ2v) is 3.41. The van der Waals surface area contributed by atoms with Gasteiger partial charge in [0.2, 0.25) is 11.2 Å². The maximum atomic E-state index is 11.5. The smallest absolute Gasteiger partial charge is 0.341 e. The van der Waals surface area contributed by atoms with Gasteiger partial charge in [-0.3, -0.25) is 0 Å². The predicted molar refractivity (Wildman–Crippen MR) is 54.5 cm³/mol. The van der Waals surface area contributed by atoms with E-state index in [4.69, 9.17) is 0 Å². The number of esters is 2.